The number of hydrogen-bond donors (Lipinski definition) is 1. The quantitative estimate of drug-likeness (QED) is 0.526. The van der Waals surface area contributed by atoms with Gasteiger partial charge in [0.1, 0.15) is 6.17 Å². The highest BCUT2D eigenvalue weighted by atomic mass is 79.9. The van der Waals surface area contributed by atoms with Crippen molar-refractivity contribution in [2.24, 2.45) is 0 Å². The standard InChI is InChI=1S/C6H9BrFN/c1-5(8)6(9)3-2-4-7/h2-3,5,9H,4H2,1H3/b3-2-,9-6?. The van der Waals surface area contributed by atoms with E-state index in [1.54, 1.807) is 6.08 Å². The summed E-state index contributed by atoms with van der Waals surface area (Å²) in [5, 5.41) is 7.63. The smallest absolute Gasteiger partial charge is 0.138 e. The molecule has 0 saturated heterocycles. The van der Waals surface area contributed by atoms with E-state index in [-0.39, 0.29) is 5.71 Å². The maximum atomic E-state index is 12.1. The van der Waals surface area contributed by atoms with Gasteiger partial charge in [-0.3, -0.25) is 0 Å². The summed E-state index contributed by atoms with van der Waals surface area (Å²) in [6.07, 6.45) is 2.00. The molecule has 1 N–H and O–H groups in total. The van der Waals surface area contributed by atoms with Crippen LogP contribution in [0, 0.1) is 5.41 Å². The Labute approximate surface area is 62.6 Å². The van der Waals surface area contributed by atoms with Gasteiger partial charge in [0, 0.05) is 5.33 Å². The predicted octanol–water partition coefficient (Wildman–Crippen LogP) is 2.32. The highest BCUT2D eigenvalue weighted by Gasteiger charge is 1.99. The SMILES string of the molecule is CC(F)C(=N)/C=C\CBr. The molecule has 0 aliphatic carbocycles. The van der Waals surface area contributed by atoms with Gasteiger partial charge in [-0.05, 0) is 13.0 Å². The minimum absolute atomic E-state index is 0.0226. The number of nitrogens with one attached hydrogen (secondary N) is 1. The van der Waals surface area contributed by atoms with Crippen molar-refractivity contribution in [1.29, 1.82) is 5.41 Å². The Morgan fingerprint density at radius 1 is 1.89 bits per heavy atom. The lowest BCUT2D eigenvalue weighted by Gasteiger charge is -1.94. The van der Waals surface area contributed by atoms with Crippen LogP contribution in [0.15, 0.2) is 12.2 Å². The van der Waals surface area contributed by atoms with Crippen LogP contribution in [0.25, 0.3) is 0 Å². The molecule has 1 atom stereocenters. The summed E-state index contributed by atoms with van der Waals surface area (Å²) in [6, 6.07) is 0. The Morgan fingerprint density at radius 2 is 2.44 bits per heavy atom. The average molecular weight is 194 g/mol. The monoisotopic (exact) mass is 193 g/mol. The molecule has 1 unspecified atom stereocenters. The van der Waals surface area contributed by atoms with Gasteiger partial charge < -0.3 is 5.41 Å². The van der Waals surface area contributed by atoms with Gasteiger partial charge >= 0.3 is 0 Å². The minimum Gasteiger partial charge on any atom is -0.302 e. The van der Waals surface area contributed by atoms with Crippen molar-refractivity contribution in [3.05, 3.63) is 12.2 Å². The van der Waals surface area contributed by atoms with E-state index in [1.165, 1.54) is 13.0 Å². The van der Waals surface area contributed by atoms with Crippen LogP contribution in [0.4, 0.5) is 4.39 Å². The van der Waals surface area contributed by atoms with Crippen molar-refractivity contribution in [3.8, 4) is 0 Å². The van der Waals surface area contributed by atoms with E-state index in [0.717, 1.165) is 0 Å². The van der Waals surface area contributed by atoms with Crippen molar-refractivity contribution >= 4 is 21.6 Å². The molecule has 0 amide bonds. The zero-order chi connectivity index (χ0) is 7.28. The maximum Gasteiger partial charge on any atom is 0.138 e. The largest absolute Gasteiger partial charge is 0.302 e. The van der Waals surface area contributed by atoms with Crippen LogP contribution in [0.3, 0.4) is 0 Å². The van der Waals surface area contributed by atoms with Crippen molar-refractivity contribution < 1.29 is 4.39 Å². The average Bonchev–Trinajstić information content (AvgIpc) is 1.82. The molecule has 0 fully saturated rings. The maximum absolute atomic E-state index is 12.1. The summed E-state index contributed by atoms with van der Waals surface area (Å²) >= 11 is 3.12. The van der Waals surface area contributed by atoms with Crippen molar-refractivity contribution in [2.45, 2.75) is 13.1 Å². The first kappa shape index (κ1) is 8.82. The van der Waals surface area contributed by atoms with Crippen LogP contribution in [0.1, 0.15) is 6.92 Å². The van der Waals surface area contributed by atoms with Crippen molar-refractivity contribution in [2.75, 3.05) is 5.33 Å². The third-order valence-corrected chi connectivity index (χ3v) is 1.19. The molecule has 0 radical (unpaired) electrons. The lowest BCUT2D eigenvalue weighted by molar-refractivity contribution is 0.454. The Balaban J connectivity index is 3.63. The molecular formula is C6H9BrFN. The molecule has 52 valence electrons. The lowest BCUT2D eigenvalue weighted by Crippen LogP contribution is -2.05. The van der Waals surface area contributed by atoms with Gasteiger partial charge in [-0.15, -0.1) is 0 Å². The Bertz CT molecular complexity index is 120. The highest BCUT2D eigenvalue weighted by Crippen LogP contribution is 1.93. The molecule has 0 aliphatic rings. The molecule has 0 aromatic rings. The second-order valence-corrected chi connectivity index (χ2v) is 2.28. The summed E-state index contributed by atoms with van der Waals surface area (Å²) in [5.74, 6) is 0. The minimum atomic E-state index is -1.15. The van der Waals surface area contributed by atoms with E-state index < -0.39 is 6.17 Å². The number of alkyl halides is 2. The molecule has 0 rings (SSSR count). The Hall–Kier alpha value is -0.180. The first-order valence-corrected chi connectivity index (χ1v) is 3.75. The number of halogens is 2. The van der Waals surface area contributed by atoms with E-state index in [4.69, 9.17) is 5.41 Å². The van der Waals surface area contributed by atoms with Gasteiger partial charge in [-0.2, -0.15) is 0 Å². The zero-order valence-corrected chi connectivity index (χ0v) is 6.78. The molecule has 0 heterocycles. The molecule has 0 aromatic heterocycles. The number of hydrogen-bond acceptors (Lipinski definition) is 1. The molecule has 1 nitrogen and oxygen atoms in total. The molecular weight excluding hydrogens is 185 g/mol. The molecule has 3 heteroatoms. The van der Waals surface area contributed by atoms with E-state index in [9.17, 15) is 4.39 Å². The Kier molecular flexibility index (Phi) is 4.58. The van der Waals surface area contributed by atoms with Crippen LogP contribution in [0.2, 0.25) is 0 Å². The van der Waals surface area contributed by atoms with Gasteiger partial charge in [0.05, 0.1) is 5.71 Å². The fourth-order valence-electron chi connectivity index (χ4n) is 0.304. The molecule has 0 aromatic carbocycles. The van der Waals surface area contributed by atoms with Crippen LogP contribution in [-0.2, 0) is 0 Å². The fourth-order valence-corrected chi connectivity index (χ4v) is 0.491. The fraction of sp³-hybridized carbons (Fsp3) is 0.500. The van der Waals surface area contributed by atoms with Gasteiger partial charge in [-0.25, -0.2) is 4.39 Å². The van der Waals surface area contributed by atoms with Gasteiger partial charge in [0.25, 0.3) is 0 Å². The summed E-state index contributed by atoms with van der Waals surface area (Å²) < 4.78 is 12.1. The molecule has 0 bridgehead atoms. The van der Waals surface area contributed by atoms with Gasteiger partial charge in [0.15, 0.2) is 0 Å². The van der Waals surface area contributed by atoms with Crippen LogP contribution < -0.4 is 0 Å². The van der Waals surface area contributed by atoms with Crippen LogP contribution in [-0.4, -0.2) is 17.2 Å². The van der Waals surface area contributed by atoms with E-state index in [1.807, 2.05) is 0 Å². The summed E-state index contributed by atoms with van der Waals surface area (Å²) in [4.78, 5) is 0. The van der Waals surface area contributed by atoms with Gasteiger partial charge in [-0.1, -0.05) is 22.0 Å². The van der Waals surface area contributed by atoms with E-state index >= 15 is 0 Å². The van der Waals surface area contributed by atoms with Gasteiger partial charge in [0.2, 0.25) is 0 Å². The zero-order valence-electron chi connectivity index (χ0n) is 5.20. The lowest BCUT2D eigenvalue weighted by atomic mass is 10.2. The first-order valence-electron chi connectivity index (χ1n) is 2.63. The molecule has 0 saturated carbocycles. The Morgan fingerprint density at radius 3 is 2.78 bits per heavy atom. The second-order valence-electron chi connectivity index (χ2n) is 1.63. The van der Waals surface area contributed by atoms with Crippen LogP contribution in [0.5, 0.6) is 0 Å². The summed E-state index contributed by atoms with van der Waals surface area (Å²) in [5.41, 5.74) is 0.0226. The molecule has 0 aliphatic heterocycles. The summed E-state index contributed by atoms with van der Waals surface area (Å²) in [6.45, 7) is 1.35. The number of allylic oxidation sites excluding steroid dienone is 2. The second kappa shape index (κ2) is 4.68. The van der Waals surface area contributed by atoms with Crippen LogP contribution >= 0.6 is 15.9 Å². The van der Waals surface area contributed by atoms with Crippen molar-refractivity contribution in [3.63, 3.8) is 0 Å². The third kappa shape index (κ3) is 4.33. The topological polar surface area (TPSA) is 23.9 Å². The molecule has 9 heavy (non-hydrogen) atoms. The first-order chi connectivity index (χ1) is 4.18. The van der Waals surface area contributed by atoms with E-state index in [0.29, 0.717) is 5.33 Å². The third-order valence-electron chi connectivity index (χ3n) is 0.815. The van der Waals surface area contributed by atoms with Crippen molar-refractivity contribution in [1.82, 2.24) is 0 Å². The highest BCUT2D eigenvalue weighted by molar-refractivity contribution is 9.09. The molecule has 0 spiro atoms. The van der Waals surface area contributed by atoms with E-state index in [2.05, 4.69) is 15.9 Å². The predicted molar refractivity (Wildman–Crippen MR) is 41.2 cm³/mol. The summed E-state index contributed by atoms with van der Waals surface area (Å²) in [7, 11) is 0. The number of rotatable bonds is 3. The normalized spacial score (nSPS) is 14.1.